The summed E-state index contributed by atoms with van der Waals surface area (Å²) < 4.78 is 25.0. The topological polar surface area (TPSA) is 69.6 Å². The number of aliphatic hydroxyl groups is 1. The van der Waals surface area contributed by atoms with Crippen LogP contribution in [0.4, 0.5) is 0 Å². The highest BCUT2D eigenvalue weighted by atomic mass is 32.2. The molecule has 0 aliphatic heterocycles. The van der Waals surface area contributed by atoms with Crippen molar-refractivity contribution in [3.63, 3.8) is 0 Å². The summed E-state index contributed by atoms with van der Waals surface area (Å²) in [6.45, 7) is 1.78. The van der Waals surface area contributed by atoms with Gasteiger partial charge in [0.25, 0.3) is 0 Å². The quantitative estimate of drug-likeness (QED) is 0.812. The largest absolute Gasteiger partial charge is 0.394 e. The van der Waals surface area contributed by atoms with Crippen LogP contribution in [0.15, 0.2) is 29.2 Å². The summed E-state index contributed by atoms with van der Waals surface area (Å²) >= 11 is 0. The molecule has 5 nitrogen and oxygen atoms in total. The molecule has 1 unspecified atom stereocenters. The molecule has 0 radical (unpaired) electrons. The maximum Gasteiger partial charge on any atom is 0.242 e. The molecule has 0 heterocycles. The van der Waals surface area contributed by atoms with Crippen LogP contribution in [-0.4, -0.2) is 45.6 Å². The summed E-state index contributed by atoms with van der Waals surface area (Å²) in [4.78, 5) is 0.243. The molecule has 0 aliphatic carbocycles. The number of nitrogens with one attached hydrogen (secondary N) is 1. The Morgan fingerprint density at radius 2 is 1.78 bits per heavy atom. The Bertz CT molecular complexity index is 491. The number of hydrogen-bond donors (Lipinski definition) is 2. The number of benzene rings is 1. The zero-order chi connectivity index (χ0) is 14.0. The number of nitrogens with zero attached hydrogens (tertiary/aromatic N) is 1. The monoisotopic (exact) mass is 272 g/mol. The van der Waals surface area contributed by atoms with Crippen molar-refractivity contribution in [2.75, 3.05) is 27.7 Å². The molecule has 0 saturated carbocycles. The standard InChI is InChI=1S/C12H20N2O3S/c1-12(9-15,13-2)10-5-7-11(8-6-10)18(16,17)14(3)4/h5-8,13,15H,9H2,1-4H3. The molecular formula is C12H20N2O3S. The van der Waals surface area contributed by atoms with Gasteiger partial charge in [-0.1, -0.05) is 12.1 Å². The first-order chi connectivity index (χ1) is 8.28. The Balaban J connectivity index is 3.15. The molecule has 0 aromatic heterocycles. The molecule has 1 atom stereocenters. The summed E-state index contributed by atoms with van der Waals surface area (Å²) in [5.74, 6) is 0. The van der Waals surface area contributed by atoms with E-state index in [4.69, 9.17) is 0 Å². The van der Waals surface area contributed by atoms with Crippen LogP contribution >= 0.6 is 0 Å². The lowest BCUT2D eigenvalue weighted by molar-refractivity contribution is 0.183. The third-order valence-corrected chi connectivity index (χ3v) is 4.97. The van der Waals surface area contributed by atoms with Gasteiger partial charge in [0.2, 0.25) is 10.0 Å². The van der Waals surface area contributed by atoms with E-state index in [0.717, 1.165) is 5.56 Å². The van der Waals surface area contributed by atoms with E-state index in [-0.39, 0.29) is 11.5 Å². The van der Waals surface area contributed by atoms with Crippen LogP contribution in [-0.2, 0) is 15.6 Å². The molecule has 1 rings (SSSR count). The van der Waals surface area contributed by atoms with E-state index >= 15 is 0 Å². The average Bonchev–Trinajstić information content (AvgIpc) is 2.37. The van der Waals surface area contributed by atoms with Gasteiger partial charge < -0.3 is 10.4 Å². The van der Waals surface area contributed by atoms with E-state index in [1.54, 1.807) is 31.3 Å². The summed E-state index contributed by atoms with van der Waals surface area (Å²) in [5, 5.41) is 12.4. The Hall–Kier alpha value is -0.950. The number of hydrogen-bond acceptors (Lipinski definition) is 4. The van der Waals surface area contributed by atoms with Crippen molar-refractivity contribution >= 4 is 10.0 Å². The van der Waals surface area contributed by atoms with Gasteiger partial charge >= 0.3 is 0 Å². The predicted octanol–water partition coefficient (Wildman–Crippen LogP) is 0.364. The minimum absolute atomic E-state index is 0.0662. The molecule has 0 amide bonds. The summed E-state index contributed by atoms with van der Waals surface area (Å²) in [6, 6.07) is 6.53. The van der Waals surface area contributed by atoms with E-state index in [9.17, 15) is 13.5 Å². The lowest BCUT2D eigenvalue weighted by Gasteiger charge is -2.27. The number of aliphatic hydroxyl groups excluding tert-OH is 1. The molecule has 102 valence electrons. The maximum absolute atomic E-state index is 11.9. The lowest BCUT2D eigenvalue weighted by atomic mass is 9.93. The van der Waals surface area contributed by atoms with Gasteiger partial charge in [0.15, 0.2) is 0 Å². The average molecular weight is 272 g/mol. The predicted molar refractivity (Wildman–Crippen MR) is 70.8 cm³/mol. The molecule has 6 heteroatoms. The Morgan fingerprint density at radius 3 is 2.11 bits per heavy atom. The summed E-state index contributed by atoms with van der Waals surface area (Å²) in [5.41, 5.74) is 0.269. The highest BCUT2D eigenvalue weighted by molar-refractivity contribution is 7.89. The number of sulfonamides is 1. The molecule has 0 bridgehead atoms. The third-order valence-electron chi connectivity index (χ3n) is 3.14. The second-order valence-corrected chi connectivity index (χ2v) is 6.70. The van der Waals surface area contributed by atoms with Gasteiger partial charge in [-0.3, -0.25) is 0 Å². The van der Waals surface area contributed by atoms with Crippen molar-refractivity contribution in [1.29, 1.82) is 0 Å². The van der Waals surface area contributed by atoms with Gasteiger partial charge in [-0.05, 0) is 31.7 Å². The molecule has 2 N–H and O–H groups in total. The Kier molecular flexibility index (Phi) is 4.50. The van der Waals surface area contributed by atoms with Crippen LogP contribution in [0.25, 0.3) is 0 Å². The van der Waals surface area contributed by atoms with Crippen LogP contribution in [0.1, 0.15) is 12.5 Å². The summed E-state index contributed by atoms with van der Waals surface area (Å²) in [6.07, 6.45) is 0. The van der Waals surface area contributed by atoms with Crippen molar-refractivity contribution in [1.82, 2.24) is 9.62 Å². The highest BCUT2D eigenvalue weighted by Gasteiger charge is 2.24. The van der Waals surface area contributed by atoms with E-state index in [1.807, 2.05) is 6.92 Å². The van der Waals surface area contributed by atoms with E-state index in [1.165, 1.54) is 18.4 Å². The first-order valence-electron chi connectivity index (χ1n) is 5.61. The SMILES string of the molecule is CNC(C)(CO)c1ccc(S(=O)(=O)N(C)C)cc1. The van der Waals surface area contributed by atoms with Crippen LogP contribution in [0.3, 0.4) is 0 Å². The summed E-state index contributed by atoms with van der Waals surface area (Å²) in [7, 11) is 1.34. The molecule has 0 aliphatic rings. The van der Waals surface area contributed by atoms with Crippen molar-refractivity contribution in [3.05, 3.63) is 29.8 Å². The van der Waals surface area contributed by atoms with Gasteiger partial charge in [0.1, 0.15) is 0 Å². The van der Waals surface area contributed by atoms with Gasteiger partial charge in [-0.2, -0.15) is 0 Å². The van der Waals surface area contributed by atoms with Gasteiger partial charge in [-0.15, -0.1) is 0 Å². The molecule has 0 fully saturated rings. The van der Waals surface area contributed by atoms with Crippen molar-refractivity contribution in [2.45, 2.75) is 17.4 Å². The molecule has 1 aromatic rings. The molecular weight excluding hydrogens is 252 g/mol. The fraction of sp³-hybridized carbons (Fsp3) is 0.500. The van der Waals surface area contributed by atoms with Crippen molar-refractivity contribution < 1.29 is 13.5 Å². The first-order valence-corrected chi connectivity index (χ1v) is 7.05. The minimum Gasteiger partial charge on any atom is -0.394 e. The van der Waals surface area contributed by atoms with Crippen LogP contribution in [0, 0.1) is 0 Å². The van der Waals surface area contributed by atoms with E-state index in [2.05, 4.69) is 5.32 Å². The van der Waals surface area contributed by atoms with Crippen molar-refractivity contribution in [2.24, 2.45) is 0 Å². The molecule has 1 aromatic carbocycles. The zero-order valence-corrected chi connectivity index (χ0v) is 12.0. The van der Waals surface area contributed by atoms with Crippen LogP contribution < -0.4 is 5.32 Å². The number of likely N-dealkylation sites (N-methyl/N-ethyl adjacent to an activating group) is 1. The maximum atomic E-state index is 11.9. The van der Waals surface area contributed by atoms with Gasteiger partial charge in [0, 0.05) is 14.1 Å². The fourth-order valence-electron chi connectivity index (χ4n) is 1.52. The fourth-order valence-corrected chi connectivity index (χ4v) is 2.42. The second-order valence-electron chi connectivity index (χ2n) is 4.55. The van der Waals surface area contributed by atoms with Gasteiger partial charge in [0.05, 0.1) is 17.0 Å². The van der Waals surface area contributed by atoms with E-state index in [0.29, 0.717) is 0 Å². The molecule has 18 heavy (non-hydrogen) atoms. The van der Waals surface area contributed by atoms with E-state index < -0.39 is 15.6 Å². The normalized spacial score (nSPS) is 15.7. The second kappa shape index (κ2) is 5.36. The smallest absolute Gasteiger partial charge is 0.242 e. The van der Waals surface area contributed by atoms with Crippen LogP contribution in [0.5, 0.6) is 0 Å². The Labute approximate surface area is 108 Å². The zero-order valence-electron chi connectivity index (χ0n) is 11.1. The highest BCUT2D eigenvalue weighted by Crippen LogP contribution is 2.22. The molecule has 0 spiro atoms. The van der Waals surface area contributed by atoms with Crippen molar-refractivity contribution in [3.8, 4) is 0 Å². The Morgan fingerprint density at radius 1 is 1.28 bits per heavy atom. The molecule has 0 saturated heterocycles. The number of rotatable bonds is 5. The first kappa shape index (κ1) is 15.1. The minimum atomic E-state index is -3.40. The lowest BCUT2D eigenvalue weighted by Crippen LogP contribution is -2.40. The van der Waals surface area contributed by atoms with Crippen LogP contribution in [0.2, 0.25) is 0 Å². The third kappa shape index (κ3) is 2.72. The van der Waals surface area contributed by atoms with Gasteiger partial charge in [-0.25, -0.2) is 12.7 Å².